The number of likely N-dealkylation sites (tertiary alicyclic amines) is 1. The minimum Gasteiger partial charge on any atom is -0.309 e. The number of rotatable bonds is 6. The van der Waals surface area contributed by atoms with Crippen molar-refractivity contribution in [3.05, 3.63) is 15.6 Å². The molecule has 1 saturated carbocycles. The highest BCUT2D eigenvalue weighted by molar-refractivity contribution is 7.11. The second-order valence-electron chi connectivity index (χ2n) is 6.21. The molecule has 0 spiro atoms. The predicted octanol–water partition coefficient (Wildman–Crippen LogP) is 3.11. The average molecular weight is 279 g/mol. The van der Waals surface area contributed by atoms with Crippen LogP contribution < -0.4 is 5.32 Å². The molecule has 106 valence electrons. The summed E-state index contributed by atoms with van der Waals surface area (Å²) in [6.07, 6.45) is 5.43. The van der Waals surface area contributed by atoms with Crippen LogP contribution >= 0.6 is 11.3 Å². The van der Waals surface area contributed by atoms with Crippen LogP contribution in [-0.2, 0) is 13.1 Å². The molecule has 0 aromatic carbocycles. The Balaban J connectivity index is 1.67. The third-order valence-electron chi connectivity index (χ3n) is 4.00. The topological polar surface area (TPSA) is 28.2 Å². The maximum absolute atomic E-state index is 4.91. The van der Waals surface area contributed by atoms with Gasteiger partial charge in [0.05, 0.1) is 12.2 Å². The van der Waals surface area contributed by atoms with Crippen molar-refractivity contribution in [2.45, 2.75) is 64.6 Å². The fraction of sp³-hybridized carbons (Fsp3) is 0.800. The van der Waals surface area contributed by atoms with Crippen molar-refractivity contribution in [3.63, 3.8) is 0 Å². The predicted molar refractivity (Wildman–Crippen MR) is 80.6 cm³/mol. The van der Waals surface area contributed by atoms with Gasteiger partial charge in [-0.1, -0.05) is 13.8 Å². The summed E-state index contributed by atoms with van der Waals surface area (Å²) in [5, 5.41) is 4.95. The molecule has 1 aliphatic carbocycles. The summed E-state index contributed by atoms with van der Waals surface area (Å²) in [6, 6.07) is 0.782. The summed E-state index contributed by atoms with van der Waals surface area (Å²) in [5.41, 5.74) is 1.33. The van der Waals surface area contributed by atoms with E-state index in [9.17, 15) is 0 Å². The zero-order chi connectivity index (χ0) is 13.2. The van der Waals surface area contributed by atoms with Crippen LogP contribution in [0.5, 0.6) is 0 Å². The van der Waals surface area contributed by atoms with Crippen LogP contribution in [0, 0.1) is 0 Å². The Morgan fingerprint density at radius 2 is 2.05 bits per heavy atom. The van der Waals surface area contributed by atoms with E-state index in [-0.39, 0.29) is 0 Å². The van der Waals surface area contributed by atoms with E-state index < -0.39 is 0 Å². The minimum atomic E-state index is 0.541. The number of nitrogens with one attached hydrogen (secondary N) is 1. The molecule has 3 nitrogen and oxygen atoms in total. The summed E-state index contributed by atoms with van der Waals surface area (Å²) >= 11 is 1.93. The van der Waals surface area contributed by atoms with E-state index in [4.69, 9.17) is 4.98 Å². The Hall–Kier alpha value is -0.450. The minimum absolute atomic E-state index is 0.541. The Labute approximate surface area is 120 Å². The monoisotopic (exact) mass is 279 g/mol. The van der Waals surface area contributed by atoms with Gasteiger partial charge in [-0.05, 0) is 44.7 Å². The van der Waals surface area contributed by atoms with Crippen molar-refractivity contribution in [3.8, 4) is 0 Å². The zero-order valence-corrected chi connectivity index (χ0v) is 12.9. The van der Waals surface area contributed by atoms with Crippen molar-refractivity contribution in [2.75, 3.05) is 13.1 Å². The molecule has 1 aromatic heterocycles. The van der Waals surface area contributed by atoms with Gasteiger partial charge in [0.15, 0.2) is 0 Å². The van der Waals surface area contributed by atoms with E-state index >= 15 is 0 Å². The quantitative estimate of drug-likeness (QED) is 0.867. The van der Waals surface area contributed by atoms with Gasteiger partial charge in [0, 0.05) is 17.5 Å². The lowest BCUT2D eigenvalue weighted by molar-refractivity contribution is 0.330. The third-order valence-corrected chi connectivity index (χ3v) is 5.06. The number of hydrogen-bond donors (Lipinski definition) is 1. The van der Waals surface area contributed by atoms with Crippen molar-refractivity contribution < 1.29 is 0 Å². The molecule has 4 heteroatoms. The largest absolute Gasteiger partial charge is 0.309 e. The standard InChI is InChI=1S/C15H25N3S/c1-11(2)15-13(9-16-12-5-6-12)19-14(17-15)10-18-7-3-4-8-18/h11-12,16H,3-10H2,1-2H3. The molecule has 19 heavy (non-hydrogen) atoms. The van der Waals surface area contributed by atoms with E-state index in [0.717, 1.165) is 19.1 Å². The fourth-order valence-corrected chi connectivity index (χ4v) is 3.93. The summed E-state index contributed by atoms with van der Waals surface area (Å²) in [5.74, 6) is 0.541. The van der Waals surface area contributed by atoms with Crippen molar-refractivity contribution in [2.24, 2.45) is 0 Å². The third kappa shape index (κ3) is 3.56. The van der Waals surface area contributed by atoms with Gasteiger partial charge in [0.25, 0.3) is 0 Å². The lowest BCUT2D eigenvalue weighted by Crippen LogP contribution is -2.18. The molecule has 2 heterocycles. The first-order valence-corrected chi connectivity index (χ1v) is 8.48. The molecule has 1 N–H and O–H groups in total. The van der Waals surface area contributed by atoms with Crippen LogP contribution in [0.2, 0.25) is 0 Å². The van der Waals surface area contributed by atoms with Gasteiger partial charge < -0.3 is 5.32 Å². The van der Waals surface area contributed by atoms with Crippen LogP contribution in [-0.4, -0.2) is 29.0 Å². The van der Waals surface area contributed by atoms with Crippen LogP contribution in [0.15, 0.2) is 0 Å². The molecule has 0 unspecified atom stereocenters. The maximum atomic E-state index is 4.91. The van der Waals surface area contributed by atoms with Crippen LogP contribution in [0.3, 0.4) is 0 Å². The number of thiazole rings is 1. The second-order valence-corrected chi connectivity index (χ2v) is 7.38. The summed E-state index contributed by atoms with van der Waals surface area (Å²) < 4.78 is 0. The van der Waals surface area contributed by atoms with Crippen molar-refractivity contribution >= 4 is 11.3 Å². The van der Waals surface area contributed by atoms with Gasteiger partial charge >= 0.3 is 0 Å². The van der Waals surface area contributed by atoms with Gasteiger partial charge in [0.2, 0.25) is 0 Å². The molecule has 0 atom stereocenters. The molecule has 0 amide bonds. The lowest BCUT2D eigenvalue weighted by Gasteiger charge is -2.11. The average Bonchev–Trinajstić information content (AvgIpc) is 2.90. The van der Waals surface area contributed by atoms with Gasteiger partial charge in [-0.15, -0.1) is 11.3 Å². The van der Waals surface area contributed by atoms with Gasteiger partial charge in [-0.25, -0.2) is 4.98 Å². The number of aromatic nitrogens is 1. The van der Waals surface area contributed by atoms with E-state index in [2.05, 4.69) is 24.1 Å². The zero-order valence-electron chi connectivity index (χ0n) is 12.1. The summed E-state index contributed by atoms with van der Waals surface area (Å²) in [4.78, 5) is 8.92. The highest BCUT2D eigenvalue weighted by atomic mass is 32.1. The molecule has 3 rings (SSSR count). The van der Waals surface area contributed by atoms with E-state index in [1.807, 2.05) is 11.3 Å². The van der Waals surface area contributed by atoms with Crippen LogP contribution in [0.1, 0.15) is 61.0 Å². The van der Waals surface area contributed by atoms with Crippen LogP contribution in [0.25, 0.3) is 0 Å². The number of nitrogens with zero attached hydrogens (tertiary/aromatic N) is 2. The first kappa shape index (κ1) is 13.5. The number of hydrogen-bond acceptors (Lipinski definition) is 4. The molecular formula is C15H25N3S. The van der Waals surface area contributed by atoms with E-state index in [1.165, 1.54) is 54.4 Å². The smallest absolute Gasteiger partial charge is 0.107 e. The van der Waals surface area contributed by atoms with Gasteiger partial charge in [-0.2, -0.15) is 0 Å². The Kier molecular flexibility index (Phi) is 4.20. The molecule has 1 aromatic rings. The summed E-state index contributed by atoms with van der Waals surface area (Å²) in [7, 11) is 0. The molecular weight excluding hydrogens is 254 g/mol. The van der Waals surface area contributed by atoms with E-state index in [1.54, 1.807) is 0 Å². The highest BCUT2D eigenvalue weighted by Gasteiger charge is 2.23. The van der Waals surface area contributed by atoms with Gasteiger partial charge in [-0.3, -0.25) is 4.90 Å². The van der Waals surface area contributed by atoms with Crippen molar-refractivity contribution in [1.29, 1.82) is 0 Å². The molecule has 1 saturated heterocycles. The Morgan fingerprint density at radius 3 is 2.68 bits per heavy atom. The van der Waals surface area contributed by atoms with Crippen molar-refractivity contribution in [1.82, 2.24) is 15.2 Å². The maximum Gasteiger partial charge on any atom is 0.107 e. The first-order valence-electron chi connectivity index (χ1n) is 7.66. The summed E-state index contributed by atoms with van der Waals surface area (Å²) in [6.45, 7) is 9.12. The molecule has 2 fully saturated rings. The first-order chi connectivity index (χ1) is 9.22. The Morgan fingerprint density at radius 1 is 1.32 bits per heavy atom. The molecule has 0 bridgehead atoms. The normalized spacial score (nSPS) is 20.6. The molecule has 2 aliphatic rings. The Bertz CT molecular complexity index is 417. The lowest BCUT2D eigenvalue weighted by atomic mass is 10.1. The van der Waals surface area contributed by atoms with E-state index in [0.29, 0.717) is 5.92 Å². The van der Waals surface area contributed by atoms with Crippen LogP contribution in [0.4, 0.5) is 0 Å². The van der Waals surface area contributed by atoms with Gasteiger partial charge in [0.1, 0.15) is 5.01 Å². The fourth-order valence-electron chi connectivity index (χ4n) is 2.72. The highest BCUT2D eigenvalue weighted by Crippen LogP contribution is 2.28. The molecule has 1 aliphatic heterocycles. The molecule has 0 radical (unpaired) electrons. The second kappa shape index (κ2) is 5.90. The SMILES string of the molecule is CC(C)c1nc(CN2CCCC2)sc1CNC1CC1.